The lowest BCUT2D eigenvalue weighted by Crippen LogP contribution is -2.44. The maximum atomic E-state index is 13.1. The first-order chi connectivity index (χ1) is 13.0. The maximum absolute atomic E-state index is 13.1. The van der Waals surface area contributed by atoms with Crippen LogP contribution in [0.2, 0.25) is 0 Å². The van der Waals surface area contributed by atoms with Crippen molar-refractivity contribution in [3.8, 4) is 0 Å². The summed E-state index contributed by atoms with van der Waals surface area (Å²) in [4.78, 5) is 43.0. The van der Waals surface area contributed by atoms with Crippen LogP contribution >= 0.6 is 0 Å². The van der Waals surface area contributed by atoms with Crippen molar-refractivity contribution in [2.24, 2.45) is 5.92 Å². The number of ketones is 3. The third kappa shape index (κ3) is 3.54. The van der Waals surface area contributed by atoms with Gasteiger partial charge < -0.3 is 9.80 Å². The van der Waals surface area contributed by atoms with Crippen molar-refractivity contribution >= 4 is 17.3 Å². The molecule has 1 heterocycles. The van der Waals surface area contributed by atoms with E-state index in [1.807, 2.05) is 0 Å². The van der Waals surface area contributed by atoms with Crippen LogP contribution in [0, 0.1) is 5.92 Å². The molecule has 27 heavy (non-hydrogen) atoms. The molecule has 0 amide bonds. The number of benzene rings is 1. The van der Waals surface area contributed by atoms with Gasteiger partial charge in [0.25, 0.3) is 0 Å². The predicted molar refractivity (Wildman–Crippen MR) is 103 cm³/mol. The Morgan fingerprint density at radius 2 is 1.63 bits per heavy atom. The molecule has 1 saturated heterocycles. The van der Waals surface area contributed by atoms with Gasteiger partial charge in [-0.1, -0.05) is 24.3 Å². The quantitative estimate of drug-likeness (QED) is 0.819. The van der Waals surface area contributed by atoms with Gasteiger partial charge in [-0.25, -0.2) is 0 Å². The predicted octanol–water partition coefficient (Wildman–Crippen LogP) is 2.37. The summed E-state index contributed by atoms with van der Waals surface area (Å²) in [6, 6.07) is 7.00. The number of fused-ring (bicyclic) bond motifs is 1. The molecule has 1 aromatic carbocycles. The zero-order valence-electron chi connectivity index (χ0n) is 15.9. The topological polar surface area (TPSA) is 57.7 Å². The number of hydrogen-bond acceptors (Lipinski definition) is 5. The van der Waals surface area contributed by atoms with Gasteiger partial charge in [-0.3, -0.25) is 14.4 Å². The van der Waals surface area contributed by atoms with E-state index in [1.54, 1.807) is 24.3 Å². The summed E-state index contributed by atoms with van der Waals surface area (Å²) in [5.41, 5.74) is 2.03. The van der Waals surface area contributed by atoms with E-state index in [-0.39, 0.29) is 29.7 Å². The molecular weight excluding hydrogens is 340 g/mol. The third-order valence-electron chi connectivity index (χ3n) is 6.14. The lowest BCUT2D eigenvalue weighted by molar-refractivity contribution is -0.119. The minimum atomic E-state index is -0.127. The highest BCUT2D eigenvalue weighted by atomic mass is 16.1. The van der Waals surface area contributed by atoms with E-state index in [4.69, 9.17) is 0 Å². The van der Waals surface area contributed by atoms with Crippen LogP contribution < -0.4 is 0 Å². The van der Waals surface area contributed by atoms with Gasteiger partial charge in [0.15, 0.2) is 11.6 Å². The summed E-state index contributed by atoms with van der Waals surface area (Å²) >= 11 is 0. The van der Waals surface area contributed by atoms with Gasteiger partial charge in [-0.15, -0.1) is 0 Å². The Balaban J connectivity index is 1.50. The summed E-state index contributed by atoms with van der Waals surface area (Å²) in [5, 5.41) is 0. The molecule has 0 saturated carbocycles. The van der Waals surface area contributed by atoms with Crippen molar-refractivity contribution in [1.82, 2.24) is 9.80 Å². The molecule has 142 valence electrons. The molecule has 3 aliphatic rings. The van der Waals surface area contributed by atoms with E-state index in [0.717, 1.165) is 45.6 Å². The van der Waals surface area contributed by atoms with Crippen molar-refractivity contribution in [3.63, 3.8) is 0 Å². The minimum Gasteiger partial charge on any atom is -0.304 e. The average molecular weight is 366 g/mol. The van der Waals surface area contributed by atoms with Crippen LogP contribution in [0.25, 0.3) is 0 Å². The molecule has 0 bridgehead atoms. The number of nitrogens with zero attached hydrogens (tertiary/aromatic N) is 2. The number of likely N-dealkylation sites (N-methyl/N-ethyl adjacent to an activating group) is 1. The van der Waals surface area contributed by atoms with Gasteiger partial charge in [-0.2, -0.15) is 0 Å². The van der Waals surface area contributed by atoms with Gasteiger partial charge in [0.2, 0.25) is 0 Å². The minimum absolute atomic E-state index is 0.0442. The molecule has 1 aliphatic heterocycles. The van der Waals surface area contributed by atoms with Gasteiger partial charge in [-0.05, 0) is 32.4 Å². The Labute approximate surface area is 160 Å². The van der Waals surface area contributed by atoms with Crippen LogP contribution in [-0.2, 0) is 4.79 Å². The first-order valence-corrected chi connectivity index (χ1v) is 9.88. The number of piperazine rings is 1. The second kappa shape index (κ2) is 7.49. The van der Waals surface area contributed by atoms with Crippen molar-refractivity contribution in [2.75, 3.05) is 39.8 Å². The normalized spacial score (nSPS) is 24.2. The number of carbonyl (C=O) groups excluding carboxylic acids is 3. The van der Waals surface area contributed by atoms with Crippen LogP contribution in [0.5, 0.6) is 0 Å². The summed E-state index contributed by atoms with van der Waals surface area (Å²) in [6.45, 7) is 5.29. The molecule has 1 atom stereocenters. The summed E-state index contributed by atoms with van der Waals surface area (Å²) < 4.78 is 0. The van der Waals surface area contributed by atoms with E-state index in [2.05, 4.69) is 16.8 Å². The fourth-order valence-electron chi connectivity index (χ4n) is 4.58. The average Bonchev–Trinajstić information content (AvgIpc) is 2.67. The number of rotatable bonds is 4. The summed E-state index contributed by atoms with van der Waals surface area (Å²) in [6.07, 6.45) is 2.24. The second-order valence-electron chi connectivity index (χ2n) is 8.00. The SMILES string of the molecule is CN1CCN(CCCC2CC(=O)CC3=C2C(=O)c2ccccc2C3=O)CC1. The largest absolute Gasteiger partial charge is 0.304 e. The highest BCUT2D eigenvalue weighted by Gasteiger charge is 2.39. The van der Waals surface area contributed by atoms with Crippen molar-refractivity contribution in [3.05, 3.63) is 46.5 Å². The van der Waals surface area contributed by atoms with E-state index >= 15 is 0 Å². The molecule has 1 unspecified atom stereocenters. The fourth-order valence-corrected chi connectivity index (χ4v) is 4.58. The first-order valence-electron chi connectivity index (χ1n) is 9.88. The fraction of sp³-hybridized carbons (Fsp3) is 0.500. The Hall–Kier alpha value is -2.11. The Kier molecular flexibility index (Phi) is 5.06. The van der Waals surface area contributed by atoms with E-state index in [0.29, 0.717) is 28.7 Å². The molecule has 4 rings (SSSR count). The van der Waals surface area contributed by atoms with Gasteiger partial charge in [0.1, 0.15) is 5.78 Å². The Morgan fingerprint density at radius 1 is 0.963 bits per heavy atom. The van der Waals surface area contributed by atoms with Crippen LogP contribution in [0.1, 0.15) is 46.4 Å². The van der Waals surface area contributed by atoms with E-state index in [1.165, 1.54) is 0 Å². The maximum Gasteiger partial charge on any atom is 0.190 e. The standard InChI is InChI=1S/C22H26N2O3/c1-23-9-11-24(12-10-23)8-4-5-15-13-16(25)14-19-20(15)22(27)18-7-3-2-6-17(18)21(19)26/h2-3,6-7,15H,4-5,8-14H2,1H3. The van der Waals surface area contributed by atoms with Gasteiger partial charge >= 0.3 is 0 Å². The molecule has 5 heteroatoms. The molecule has 1 aromatic rings. The lowest BCUT2D eigenvalue weighted by Gasteiger charge is -2.33. The van der Waals surface area contributed by atoms with E-state index in [9.17, 15) is 14.4 Å². The number of Topliss-reactive ketones (excluding diaryl/α,β-unsaturated/α-hetero) is 3. The molecule has 0 spiro atoms. The van der Waals surface area contributed by atoms with Crippen molar-refractivity contribution in [2.45, 2.75) is 25.7 Å². The molecule has 1 fully saturated rings. The smallest absolute Gasteiger partial charge is 0.190 e. The highest BCUT2D eigenvalue weighted by molar-refractivity contribution is 6.28. The van der Waals surface area contributed by atoms with Crippen LogP contribution in [0.15, 0.2) is 35.4 Å². The molecule has 0 N–H and O–H groups in total. The van der Waals surface area contributed by atoms with Gasteiger partial charge in [0.05, 0.1) is 0 Å². The Bertz CT molecular complexity index is 819. The van der Waals surface area contributed by atoms with Crippen LogP contribution in [0.4, 0.5) is 0 Å². The van der Waals surface area contributed by atoms with Crippen LogP contribution in [0.3, 0.4) is 0 Å². The van der Waals surface area contributed by atoms with E-state index < -0.39 is 0 Å². The molecule has 0 aromatic heterocycles. The molecule has 2 aliphatic carbocycles. The second-order valence-corrected chi connectivity index (χ2v) is 8.00. The van der Waals surface area contributed by atoms with Crippen molar-refractivity contribution in [1.29, 1.82) is 0 Å². The van der Waals surface area contributed by atoms with Gasteiger partial charge in [0, 0.05) is 61.3 Å². The number of carbonyl (C=O) groups is 3. The summed E-state index contributed by atoms with van der Waals surface area (Å²) in [5.74, 6) is -0.202. The number of allylic oxidation sites excluding steroid dienone is 2. The monoisotopic (exact) mass is 366 g/mol. The molecule has 0 radical (unpaired) electrons. The zero-order valence-corrected chi connectivity index (χ0v) is 15.9. The third-order valence-corrected chi connectivity index (χ3v) is 6.14. The lowest BCUT2D eigenvalue weighted by atomic mass is 9.71. The number of hydrogen-bond donors (Lipinski definition) is 0. The summed E-state index contributed by atoms with van der Waals surface area (Å²) in [7, 11) is 2.14. The highest BCUT2D eigenvalue weighted by Crippen LogP contribution is 2.39. The first kappa shape index (κ1) is 18.3. The van der Waals surface area contributed by atoms with Crippen molar-refractivity contribution < 1.29 is 14.4 Å². The molecular formula is C22H26N2O3. The Morgan fingerprint density at radius 3 is 2.33 bits per heavy atom. The van der Waals surface area contributed by atoms with Crippen LogP contribution in [-0.4, -0.2) is 66.9 Å². The molecule has 5 nitrogen and oxygen atoms in total. The zero-order chi connectivity index (χ0) is 19.0.